The van der Waals surface area contributed by atoms with E-state index < -0.39 is 0 Å². The molecule has 0 spiro atoms. The highest BCUT2D eigenvalue weighted by Gasteiger charge is 2.09. The minimum Gasteiger partial charge on any atom is -0.351 e. The summed E-state index contributed by atoms with van der Waals surface area (Å²) in [6.07, 6.45) is 0.856. The van der Waals surface area contributed by atoms with E-state index in [-0.39, 0.29) is 11.3 Å². The van der Waals surface area contributed by atoms with Gasteiger partial charge in [0.1, 0.15) is 0 Å². The second-order valence-corrected chi connectivity index (χ2v) is 5.76. The molecule has 1 heterocycles. The van der Waals surface area contributed by atoms with Gasteiger partial charge in [-0.25, -0.2) is 0 Å². The summed E-state index contributed by atoms with van der Waals surface area (Å²) in [4.78, 5) is 11.5. The van der Waals surface area contributed by atoms with Crippen molar-refractivity contribution in [3.8, 4) is 0 Å². The standard InChI is InChI=1S/C9H11BrClNOS/c1-2-7(11)4-12-9(13)6-3-8(10)14-5-6/h3,5,7H,2,4H2,1H3,(H,12,13). The van der Waals surface area contributed by atoms with Crippen LogP contribution in [0.4, 0.5) is 0 Å². The molecule has 14 heavy (non-hydrogen) atoms. The number of rotatable bonds is 4. The van der Waals surface area contributed by atoms with Gasteiger partial charge in [-0.3, -0.25) is 4.79 Å². The normalized spacial score (nSPS) is 12.5. The van der Waals surface area contributed by atoms with Gasteiger partial charge in [-0.2, -0.15) is 0 Å². The highest BCUT2D eigenvalue weighted by Crippen LogP contribution is 2.20. The number of carbonyl (C=O) groups is 1. The van der Waals surface area contributed by atoms with Gasteiger partial charge in [0.05, 0.1) is 14.7 Å². The summed E-state index contributed by atoms with van der Waals surface area (Å²) in [6, 6.07) is 1.80. The molecule has 0 fully saturated rings. The van der Waals surface area contributed by atoms with E-state index in [0.29, 0.717) is 12.1 Å². The third kappa shape index (κ3) is 3.59. The first-order valence-corrected chi connectivity index (χ1v) is 6.40. The van der Waals surface area contributed by atoms with E-state index in [1.54, 1.807) is 6.07 Å². The Morgan fingerprint density at radius 3 is 3.00 bits per heavy atom. The van der Waals surface area contributed by atoms with E-state index in [2.05, 4.69) is 21.2 Å². The molecule has 78 valence electrons. The molecule has 1 aromatic heterocycles. The number of hydrogen-bond acceptors (Lipinski definition) is 2. The van der Waals surface area contributed by atoms with Gasteiger partial charge in [0.25, 0.3) is 5.91 Å². The van der Waals surface area contributed by atoms with Gasteiger partial charge >= 0.3 is 0 Å². The lowest BCUT2D eigenvalue weighted by molar-refractivity contribution is 0.0954. The summed E-state index contributed by atoms with van der Waals surface area (Å²) >= 11 is 10.7. The molecule has 1 unspecified atom stereocenters. The average molecular weight is 297 g/mol. The van der Waals surface area contributed by atoms with Gasteiger partial charge in [-0.1, -0.05) is 6.92 Å². The summed E-state index contributed by atoms with van der Waals surface area (Å²) in [5.41, 5.74) is 0.682. The third-order valence-corrected chi connectivity index (χ3v) is 3.72. The molecule has 0 aliphatic rings. The van der Waals surface area contributed by atoms with Crippen molar-refractivity contribution in [2.45, 2.75) is 18.7 Å². The van der Waals surface area contributed by atoms with Crippen LogP contribution in [0.2, 0.25) is 0 Å². The molecule has 0 saturated heterocycles. The maximum absolute atomic E-state index is 11.5. The smallest absolute Gasteiger partial charge is 0.252 e. The van der Waals surface area contributed by atoms with E-state index in [1.807, 2.05) is 12.3 Å². The summed E-state index contributed by atoms with van der Waals surface area (Å²) in [5, 5.41) is 4.61. The Morgan fingerprint density at radius 2 is 2.50 bits per heavy atom. The Bertz CT molecular complexity index is 316. The van der Waals surface area contributed by atoms with Crippen molar-refractivity contribution in [3.05, 3.63) is 20.8 Å². The quantitative estimate of drug-likeness (QED) is 0.849. The van der Waals surface area contributed by atoms with Crippen molar-refractivity contribution in [2.75, 3.05) is 6.54 Å². The zero-order valence-electron chi connectivity index (χ0n) is 7.72. The largest absolute Gasteiger partial charge is 0.351 e. The fourth-order valence-corrected chi connectivity index (χ4v) is 2.09. The van der Waals surface area contributed by atoms with Crippen LogP contribution < -0.4 is 5.32 Å². The summed E-state index contributed by atoms with van der Waals surface area (Å²) in [7, 11) is 0. The van der Waals surface area contributed by atoms with Gasteiger partial charge in [0.15, 0.2) is 0 Å². The Kier molecular flexibility index (Phi) is 4.92. The van der Waals surface area contributed by atoms with E-state index in [1.165, 1.54) is 11.3 Å². The first-order chi connectivity index (χ1) is 6.63. The van der Waals surface area contributed by atoms with Gasteiger partial charge in [-0.15, -0.1) is 22.9 Å². The van der Waals surface area contributed by atoms with Crippen LogP contribution >= 0.6 is 38.9 Å². The Hall–Kier alpha value is -0.0600. The molecule has 1 amide bonds. The zero-order valence-corrected chi connectivity index (χ0v) is 10.9. The Balaban J connectivity index is 2.43. The summed E-state index contributed by atoms with van der Waals surface area (Å²) < 4.78 is 0.959. The number of amides is 1. The van der Waals surface area contributed by atoms with Crippen molar-refractivity contribution in [1.82, 2.24) is 5.32 Å². The van der Waals surface area contributed by atoms with Crippen LogP contribution in [0.3, 0.4) is 0 Å². The van der Waals surface area contributed by atoms with Crippen molar-refractivity contribution in [3.63, 3.8) is 0 Å². The number of carbonyl (C=O) groups excluding carboxylic acids is 1. The molecule has 2 nitrogen and oxygen atoms in total. The predicted octanol–water partition coefficient (Wildman–Crippen LogP) is 3.26. The lowest BCUT2D eigenvalue weighted by Gasteiger charge is -2.07. The minimum absolute atomic E-state index is 0.0148. The predicted molar refractivity (Wildman–Crippen MR) is 64.3 cm³/mol. The Morgan fingerprint density at radius 1 is 1.79 bits per heavy atom. The van der Waals surface area contributed by atoms with Crippen LogP contribution in [0, 0.1) is 0 Å². The van der Waals surface area contributed by atoms with Crippen LogP contribution in [-0.4, -0.2) is 17.8 Å². The molecular formula is C9H11BrClNOS. The molecule has 5 heteroatoms. The highest BCUT2D eigenvalue weighted by molar-refractivity contribution is 9.11. The average Bonchev–Trinajstić information content (AvgIpc) is 2.60. The molecule has 0 radical (unpaired) electrons. The highest BCUT2D eigenvalue weighted by atomic mass is 79.9. The second-order valence-electron chi connectivity index (χ2n) is 2.86. The molecule has 1 atom stereocenters. The molecular weight excluding hydrogens is 286 g/mol. The van der Waals surface area contributed by atoms with E-state index in [4.69, 9.17) is 11.6 Å². The molecule has 0 aliphatic carbocycles. The fraction of sp³-hybridized carbons (Fsp3) is 0.444. The molecule has 1 aromatic rings. The number of hydrogen-bond donors (Lipinski definition) is 1. The topological polar surface area (TPSA) is 29.1 Å². The van der Waals surface area contributed by atoms with Crippen LogP contribution in [-0.2, 0) is 0 Å². The van der Waals surface area contributed by atoms with Crippen molar-refractivity contribution in [1.29, 1.82) is 0 Å². The second kappa shape index (κ2) is 5.73. The van der Waals surface area contributed by atoms with Crippen molar-refractivity contribution >= 4 is 44.8 Å². The maximum Gasteiger partial charge on any atom is 0.252 e. The summed E-state index contributed by atoms with van der Waals surface area (Å²) in [6.45, 7) is 2.51. The molecule has 1 N–H and O–H groups in total. The van der Waals surface area contributed by atoms with Crippen LogP contribution in [0.1, 0.15) is 23.7 Å². The first kappa shape index (κ1) is 12.0. The van der Waals surface area contributed by atoms with Crippen LogP contribution in [0.15, 0.2) is 15.2 Å². The zero-order chi connectivity index (χ0) is 10.6. The van der Waals surface area contributed by atoms with Crippen molar-refractivity contribution < 1.29 is 4.79 Å². The van der Waals surface area contributed by atoms with Crippen LogP contribution in [0.5, 0.6) is 0 Å². The van der Waals surface area contributed by atoms with Gasteiger partial charge in [-0.05, 0) is 28.4 Å². The Labute approximate surface area is 101 Å². The number of halogens is 2. The molecule has 0 saturated carbocycles. The lowest BCUT2D eigenvalue weighted by Crippen LogP contribution is -2.29. The SMILES string of the molecule is CCC(Cl)CNC(=O)c1csc(Br)c1. The number of nitrogens with one attached hydrogen (secondary N) is 1. The molecule has 1 rings (SSSR count). The molecule has 0 aliphatic heterocycles. The molecule has 0 bridgehead atoms. The lowest BCUT2D eigenvalue weighted by atomic mass is 10.3. The van der Waals surface area contributed by atoms with E-state index in [9.17, 15) is 4.79 Å². The first-order valence-electron chi connectivity index (χ1n) is 4.29. The number of alkyl halides is 1. The van der Waals surface area contributed by atoms with Crippen LogP contribution in [0.25, 0.3) is 0 Å². The van der Waals surface area contributed by atoms with Gasteiger partial charge < -0.3 is 5.32 Å². The van der Waals surface area contributed by atoms with Crippen molar-refractivity contribution in [2.24, 2.45) is 0 Å². The van der Waals surface area contributed by atoms with E-state index >= 15 is 0 Å². The number of thiophene rings is 1. The van der Waals surface area contributed by atoms with E-state index in [0.717, 1.165) is 10.2 Å². The fourth-order valence-electron chi connectivity index (χ4n) is 0.879. The minimum atomic E-state index is -0.0638. The monoisotopic (exact) mass is 295 g/mol. The third-order valence-electron chi connectivity index (χ3n) is 1.76. The molecule has 0 aromatic carbocycles. The maximum atomic E-state index is 11.5. The van der Waals surface area contributed by atoms with Gasteiger partial charge in [0, 0.05) is 11.9 Å². The summed E-state index contributed by atoms with van der Waals surface area (Å²) in [5.74, 6) is -0.0638. The van der Waals surface area contributed by atoms with Gasteiger partial charge in [0.2, 0.25) is 0 Å².